The molecule has 1 aromatic rings. The molecule has 0 bridgehead atoms. The molecule has 9 heteroatoms. The fourth-order valence-electron chi connectivity index (χ4n) is 5.32. The van der Waals surface area contributed by atoms with Crippen LogP contribution in [0.15, 0.2) is 23.2 Å². The first-order valence-corrected chi connectivity index (χ1v) is 12.0. The molecule has 1 atom stereocenters. The largest absolute Gasteiger partial charge is 0.493 e. The summed E-state index contributed by atoms with van der Waals surface area (Å²) in [6.45, 7) is 6.79. The Bertz CT molecular complexity index is 1030. The van der Waals surface area contributed by atoms with Crippen LogP contribution in [0.4, 0.5) is 10.5 Å². The lowest BCUT2D eigenvalue weighted by atomic mass is 10.1. The molecule has 4 heterocycles. The van der Waals surface area contributed by atoms with Gasteiger partial charge < -0.3 is 9.64 Å². The number of likely N-dealkylation sites (N-methyl/N-ethyl adjacent to an activating group) is 1. The summed E-state index contributed by atoms with van der Waals surface area (Å²) in [6, 6.07) is 5.22. The van der Waals surface area contributed by atoms with E-state index in [1.807, 2.05) is 19.1 Å². The number of carbonyl (C=O) groups excluding carboxylic acids is 2. The first-order valence-electron chi connectivity index (χ1n) is 12.0. The van der Waals surface area contributed by atoms with Gasteiger partial charge in [-0.2, -0.15) is 0 Å². The fraction of sp³-hybridized carbons (Fsp3) is 0.583. The van der Waals surface area contributed by atoms with Crippen LogP contribution in [0, 0.1) is 6.92 Å². The number of nitrogens with zero attached hydrogens (tertiary/aromatic N) is 6. The van der Waals surface area contributed by atoms with Crippen LogP contribution >= 0.6 is 0 Å². The third-order valence-electron chi connectivity index (χ3n) is 7.12. The van der Waals surface area contributed by atoms with Gasteiger partial charge in [0.15, 0.2) is 5.75 Å². The minimum atomic E-state index is -0.553. The summed E-state index contributed by atoms with van der Waals surface area (Å²) in [5.74, 6) is 1.84. The number of urea groups is 1. The van der Waals surface area contributed by atoms with Crippen LogP contribution in [0.1, 0.15) is 31.2 Å². The second-order valence-electron chi connectivity index (χ2n) is 9.28. The number of carbonyl (C=O) groups is 2. The number of benzene rings is 1. The van der Waals surface area contributed by atoms with E-state index in [1.165, 1.54) is 24.2 Å². The smallest absolute Gasteiger partial charge is 0.397 e. The standard InChI is InChI=1S/C24H33N6O3/c1-17-8-9-19(33-3)18(16-17)28-12-7-13-29-20-21(25-23(28)29)26(2)24(32)30(22(20)31)15-14-27-10-5-4-6-11-27/h8-9,16,20H,4-7,10-15H2,1-3H3/q+1. The summed E-state index contributed by atoms with van der Waals surface area (Å²) in [5.41, 5.74) is 2.06. The van der Waals surface area contributed by atoms with Crippen LogP contribution in [0.5, 0.6) is 5.75 Å². The summed E-state index contributed by atoms with van der Waals surface area (Å²) in [5, 5.41) is 0. The van der Waals surface area contributed by atoms with Crippen molar-refractivity contribution in [2.24, 2.45) is 4.99 Å². The van der Waals surface area contributed by atoms with E-state index in [0.29, 0.717) is 12.4 Å². The van der Waals surface area contributed by atoms with Gasteiger partial charge in [-0.3, -0.25) is 14.6 Å². The molecule has 4 aliphatic heterocycles. The molecule has 0 aromatic heterocycles. The summed E-state index contributed by atoms with van der Waals surface area (Å²) in [6.07, 6.45) is 4.52. The van der Waals surface area contributed by atoms with Crippen LogP contribution in [-0.2, 0) is 4.79 Å². The molecule has 2 saturated heterocycles. The third kappa shape index (κ3) is 3.78. The van der Waals surface area contributed by atoms with Crippen LogP contribution < -0.4 is 9.64 Å². The van der Waals surface area contributed by atoms with Crippen molar-refractivity contribution in [1.82, 2.24) is 14.7 Å². The number of aliphatic imine (C=N–C) groups is 1. The van der Waals surface area contributed by atoms with Gasteiger partial charge in [0, 0.05) is 26.6 Å². The number of imide groups is 1. The molecule has 33 heavy (non-hydrogen) atoms. The highest BCUT2D eigenvalue weighted by Crippen LogP contribution is 2.33. The number of ether oxygens (including phenoxy) is 1. The predicted molar refractivity (Wildman–Crippen MR) is 126 cm³/mol. The highest BCUT2D eigenvalue weighted by atomic mass is 16.5. The molecule has 0 N–H and O–H groups in total. The maximum atomic E-state index is 13.6. The van der Waals surface area contributed by atoms with Crippen molar-refractivity contribution in [3.05, 3.63) is 23.8 Å². The number of guanidine groups is 1. The molecule has 0 aliphatic carbocycles. The van der Waals surface area contributed by atoms with E-state index < -0.39 is 6.04 Å². The first-order chi connectivity index (χ1) is 16.0. The molecule has 1 unspecified atom stereocenters. The molecule has 0 spiro atoms. The topological polar surface area (TPSA) is 71.7 Å². The van der Waals surface area contributed by atoms with Gasteiger partial charge in [-0.25, -0.2) is 14.3 Å². The zero-order chi connectivity index (χ0) is 23.1. The molecule has 0 saturated carbocycles. The Hall–Kier alpha value is -2.94. The van der Waals surface area contributed by atoms with Crippen LogP contribution in [0.25, 0.3) is 0 Å². The number of aryl methyl sites for hydroxylation is 1. The zero-order valence-electron chi connectivity index (χ0n) is 19.8. The van der Waals surface area contributed by atoms with Crippen LogP contribution in [0.2, 0.25) is 0 Å². The minimum absolute atomic E-state index is 0.165. The Morgan fingerprint density at radius 1 is 1.09 bits per heavy atom. The van der Waals surface area contributed by atoms with E-state index in [4.69, 9.17) is 9.73 Å². The van der Waals surface area contributed by atoms with E-state index in [0.717, 1.165) is 62.1 Å². The monoisotopic (exact) mass is 453 g/mol. The summed E-state index contributed by atoms with van der Waals surface area (Å²) < 4.78 is 7.68. The Kier molecular flexibility index (Phi) is 5.82. The van der Waals surface area contributed by atoms with E-state index in [-0.39, 0.29) is 11.9 Å². The summed E-state index contributed by atoms with van der Waals surface area (Å²) in [4.78, 5) is 39.0. The van der Waals surface area contributed by atoms with Gasteiger partial charge in [-0.05, 0) is 50.6 Å². The highest BCUT2D eigenvalue weighted by molar-refractivity contribution is 6.24. The Morgan fingerprint density at radius 3 is 2.64 bits per heavy atom. The van der Waals surface area contributed by atoms with Crippen LogP contribution in [0.3, 0.4) is 0 Å². The number of rotatable bonds is 5. The van der Waals surface area contributed by atoms with Gasteiger partial charge in [0.2, 0.25) is 11.9 Å². The molecule has 5 rings (SSSR count). The van der Waals surface area contributed by atoms with Gasteiger partial charge in [0.05, 0.1) is 20.2 Å². The van der Waals surface area contributed by atoms with E-state index in [9.17, 15) is 9.59 Å². The van der Waals surface area contributed by atoms with Crippen molar-refractivity contribution in [3.63, 3.8) is 0 Å². The number of likely N-dealkylation sites (tertiary alicyclic amines) is 1. The predicted octanol–water partition coefficient (Wildman–Crippen LogP) is 1.74. The second-order valence-corrected chi connectivity index (χ2v) is 9.28. The van der Waals surface area contributed by atoms with Crippen molar-refractivity contribution in [3.8, 4) is 5.75 Å². The van der Waals surface area contributed by atoms with Crippen molar-refractivity contribution in [2.75, 3.05) is 58.3 Å². The SMILES string of the molecule is COc1ccc(C)cc1N1CCC[N+]2=C1N=C1C2C(=O)N(CCN2CCCCC2)C(=O)N1C. The van der Waals surface area contributed by atoms with Gasteiger partial charge in [0.1, 0.15) is 5.69 Å². The normalized spacial score (nSPS) is 23.7. The second kappa shape index (κ2) is 8.78. The fourth-order valence-corrected chi connectivity index (χ4v) is 5.32. The molecular formula is C24H33N6O3+. The third-order valence-corrected chi connectivity index (χ3v) is 7.12. The molecule has 9 nitrogen and oxygen atoms in total. The number of amidine groups is 1. The molecule has 1 aromatic carbocycles. The molecule has 4 aliphatic rings. The zero-order valence-corrected chi connectivity index (χ0v) is 19.8. The molecular weight excluding hydrogens is 420 g/mol. The number of hydrogen-bond donors (Lipinski definition) is 0. The Labute approximate surface area is 194 Å². The number of methoxy groups -OCH3 is 1. The molecule has 2 fully saturated rings. The van der Waals surface area contributed by atoms with Gasteiger partial charge in [-0.15, -0.1) is 0 Å². The van der Waals surface area contributed by atoms with Gasteiger partial charge >= 0.3 is 12.0 Å². The lowest BCUT2D eigenvalue weighted by Gasteiger charge is -2.36. The number of anilines is 1. The Balaban J connectivity index is 1.44. The number of hydrogen-bond acceptors (Lipinski definition) is 6. The van der Waals surface area contributed by atoms with E-state index in [2.05, 4.69) is 20.4 Å². The number of piperidine rings is 1. The lowest BCUT2D eigenvalue weighted by molar-refractivity contribution is -0.539. The highest BCUT2D eigenvalue weighted by Gasteiger charge is 2.54. The minimum Gasteiger partial charge on any atom is -0.493 e. The molecule has 176 valence electrons. The summed E-state index contributed by atoms with van der Waals surface area (Å²) in [7, 11) is 3.39. The number of amides is 3. The molecule has 3 amide bonds. The van der Waals surface area contributed by atoms with Crippen molar-refractivity contribution >= 4 is 29.4 Å². The van der Waals surface area contributed by atoms with E-state index >= 15 is 0 Å². The van der Waals surface area contributed by atoms with Gasteiger partial charge in [0.25, 0.3) is 5.91 Å². The lowest BCUT2D eigenvalue weighted by Crippen LogP contribution is -2.64. The Morgan fingerprint density at radius 2 is 1.88 bits per heavy atom. The molecule has 0 radical (unpaired) electrons. The van der Waals surface area contributed by atoms with Crippen molar-refractivity contribution in [1.29, 1.82) is 0 Å². The maximum absolute atomic E-state index is 13.6. The van der Waals surface area contributed by atoms with Gasteiger partial charge in [-0.1, -0.05) is 17.5 Å². The van der Waals surface area contributed by atoms with Crippen LogP contribution in [-0.4, -0.2) is 102 Å². The average molecular weight is 454 g/mol. The quantitative estimate of drug-likeness (QED) is 0.635. The maximum Gasteiger partial charge on any atom is 0.397 e. The summed E-state index contributed by atoms with van der Waals surface area (Å²) >= 11 is 0. The first kappa shape index (κ1) is 21.9. The van der Waals surface area contributed by atoms with Crippen molar-refractivity contribution < 1.29 is 18.9 Å². The van der Waals surface area contributed by atoms with E-state index in [1.54, 1.807) is 19.1 Å². The average Bonchev–Trinajstić information content (AvgIpc) is 3.23. The number of fused-ring (bicyclic) bond motifs is 2. The van der Waals surface area contributed by atoms with Crippen molar-refractivity contribution in [2.45, 2.75) is 38.6 Å².